The van der Waals surface area contributed by atoms with Crippen LogP contribution in [0.5, 0.6) is 0 Å². The van der Waals surface area contributed by atoms with E-state index in [4.69, 9.17) is 5.73 Å². The van der Waals surface area contributed by atoms with Crippen molar-refractivity contribution < 1.29 is 9.18 Å². The standard InChI is InChI=1S/C15H21FN2O/c1-10-8-11(2)13(17)9-12(10)14(19)18-6-4-15(3,16)5-7-18/h8-9H,4-7,17H2,1-3H3. The number of aryl methyl sites for hydroxylation is 2. The number of nitrogen functional groups attached to an aromatic ring is 1. The van der Waals surface area contributed by atoms with Gasteiger partial charge in [0.15, 0.2) is 0 Å². The highest BCUT2D eigenvalue weighted by molar-refractivity contribution is 5.96. The van der Waals surface area contributed by atoms with Crippen molar-refractivity contribution in [1.82, 2.24) is 4.90 Å². The van der Waals surface area contributed by atoms with E-state index in [0.717, 1.165) is 11.1 Å². The normalized spacial score (nSPS) is 18.4. The van der Waals surface area contributed by atoms with Crippen LogP contribution >= 0.6 is 0 Å². The predicted molar refractivity (Wildman–Crippen MR) is 75.0 cm³/mol. The van der Waals surface area contributed by atoms with E-state index in [-0.39, 0.29) is 5.91 Å². The van der Waals surface area contributed by atoms with Crippen molar-refractivity contribution in [3.05, 3.63) is 28.8 Å². The number of amides is 1. The number of hydrogen-bond acceptors (Lipinski definition) is 2. The Morgan fingerprint density at radius 3 is 2.42 bits per heavy atom. The molecule has 1 aliphatic heterocycles. The molecule has 0 unspecified atom stereocenters. The van der Waals surface area contributed by atoms with Crippen LogP contribution in [0.2, 0.25) is 0 Å². The summed E-state index contributed by atoms with van der Waals surface area (Å²) in [5.41, 5.74) is 7.88. The summed E-state index contributed by atoms with van der Waals surface area (Å²) in [5, 5.41) is 0. The van der Waals surface area contributed by atoms with Crippen LogP contribution in [0.3, 0.4) is 0 Å². The summed E-state index contributed by atoms with van der Waals surface area (Å²) in [6.07, 6.45) is 0.804. The Morgan fingerprint density at radius 2 is 1.84 bits per heavy atom. The van der Waals surface area contributed by atoms with Gasteiger partial charge in [0.25, 0.3) is 5.91 Å². The van der Waals surface area contributed by atoms with Gasteiger partial charge in [-0.1, -0.05) is 6.07 Å². The zero-order chi connectivity index (χ0) is 14.2. The van der Waals surface area contributed by atoms with Gasteiger partial charge in [-0.3, -0.25) is 4.79 Å². The van der Waals surface area contributed by atoms with E-state index in [9.17, 15) is 9.18 Å². The van der Waals surface area contributed by atoms with Crippen LogP contribution in [0, 0.1) is 13.8 Å². The number of halogens is 1. The molecule has 2 rings (SSSR count). The van der Waals surface area contributed by atoms with E-state index >= 15 is 0 Å². The molecule has 0 aromatic heterocycles. The summed E-state index contributed by atoms with van der Waals surface area (Å²) >= 11 is 0. The monoisotopic (exact) mass is 264 g/mol. The number of hydrogen-bond donors (Lipinski definition) is 1. The number of carbonyl (C=O) groups excluding carboxylic acids is 1. The van der Waals surface area contributed by atoms with Crippen molar-refractivity contribution in [2.24, 2.45) is 0 Å². The quantitative estimate of drug-likeness (QED) is 0.793. The number of benzene rings is 1. The minimum atomic E-state index is -1.14. The largest absolute Gasteiger partial charge is 0.398 e. The Morgan fingerprint density at radius 1 is 1.26 bits per heavy atom. The second kappa shape index (κ2) is 4.83. The van der Waals surface area contributed by atoms with Crippen LogP contribution in [-0.2, 0) is 0 Å². The number of anilines is 1. The van der Waals surface area contributed by atoms with E-state index in [2.05, 4.69) is 0 Å². The Balaban J connectivity index is 2.19. The van der Waals surface area contributed by atoms with E-state index in [1.165, 1.54) is 0 Å². The van der Waals surface area contributed by atoms with E-state index in [1.807, 2.05) is 19.9 Å². The molecule has 0 spiro atoms. The second-order valence-corrected chi connectivity index (χ2v) is 5.73. The number of alkyl halides is 1. The average molecular weight is 264 g/mol. The summed E-state index contributed by atoms with van der Waals surface area (Å²) in [7, 11) is 0. The van der Waals surface area contributed by atoms with Crippen LogP contribution in [0.4, 0.5) is 10.1 Å². The lowest BCUT2D eigenvalue weighted by molar-refractivity contribution is 0.0503. The SMILES string of the molecule is Cc1cc(C)c(C(=O)N2CCC(C)(F)CC2)cc1N. The fourth-order valence-corrected chi connectivity index (χ4v) is 2.45. The van der Waals surface area contributed by atoms with Gasteiger partial charge in [0.2, 0.25) is 0 Å². The molecule has 0 aliphatic carbocycles. The molecule has 0 atom stereocenters. The Hall–Kier alpha value is -1.58. The molecule has 4 heteroatoms. The van der Waals surface area contributed by atoms with Crippen molar-refractivity contribution in [2.45, 2.75) is 39.3 Å². The number of rotatable bonds is 1. The lowest BCUT2D eigenvalue weighted by atomic mass is 9.94. The molecule has 104 valence electrons. The van der Waals surface area contributed by atoms with Crippen LogP contribution < -0.4 is 5.73 Å². The van der Waals surface area contributed by atoms with Crippen molar-refractivity contribution >= 4 is 11.6 Å². The molecule has 1 aromatic rings. The third-order valence-corrected chi connectivity index (χ3v) is 3.94. The fourth-order valence-electron chi connectivity index (χ4n) is 2.45. The van der Waals surface area contributed by atoms with Gasteiger partial charge in [0.05, 0.1) is 0 Å². The van der Waals surface area contributed by atoms with Crippen molar-refractivity contribution in [3.63, 3.8) is 0 Å². The van der Waals surface area contributed by atoms with Gasteiger partial charge in [-0.25, -0.2) is 4.39 Å². The van der Waals surface area contributed by atoms with Crippen LogP contribution in [0.25, 0.3) is 0 Å². The molecule has 0 saturated carbocycles. The van der Waals surface area contributed by atoms with Crippen molar-refractivity contribution in [2.75, 3.05) is 18.8 Å². The highest BCUT2D eigenvalue weighted by Gasteiger charge is 2.32. The first-order valence-electron chi connectivity index (χ1n) is 6.65. The third-order valence-electron chi connectivity index (χ3n) is 3.94. The Bertz CT molecular complexity index is 501. The summed E-state index contributed by atoms with van der Waals surface area (Å²) in [4.78, 5) is 14.2. The fraction of sp³-hybridized carbons (Fsp3) is 0.533. The molecule has 1 heterocycles. The van der Waals surface area contributed by atoms with E-state index < -0.39 is 5.67 Å². The first-order valence-corrected chi connectivity index (χ1v) is 6.65. The molecular formula is C15H21FN2O. The molecule has 1 saturated heterocycles. The molecule has 2 N–H and O–H groups in total. The number of nitrogens with two attached hydrogens (primary N) is 1. The van der Waals surface area contributed by atoms with Gasteiger partial charge in [0, 0.05) is 24.3 Å². The van der Waals surface area contributed by atoms with Gasteiger partial charge in [-0.05, 0) is 50.8 Å². The molecule has 0 radical (unpaired) electrons. The maximum Gasteiger partial charge on any atom is 0.254 e. The lowest BCUT2D eigenvalue weighted by Gasteiger charge is -2.34. The predicted octanol–water partition coefficient (Wildman–Crippen LogP) is 2.85. The first-order chi connectivity index (χ1) is 8.80. The first kappa shape index (κ1) is 13.8. The highest BCUT2D eigenvalue weighted by atomic mass is 19.1. The topological polar surface area (TPSA) is 46.3 Å². The lowest BCUT2D eigenvalue weighted by Crippen LogP contribution is -2.43. The maximum absolute atomic E-state index is 13.7. The average Bonchev–Trinajstić information content (AvgIpc) is 2.33. The minimum absolute atomic E-state index is 0.0419. The molecule has 1 aromatic carbocycles. The van der Waals surface area contributed by atoms with Crippen LogP contribution in [0.1, 0.15) is 41.3 Å². The molecule has 1 aliphatic rings. The number of piperidine rings is 1. The number of nitrogens with zero attached hydrogens (tertiary/aromatic N) is 1. The van der Waals surface area contributed by atoms with Gasteiger partial charge in [-0.2, -0.15) is 0 Å². The maximum atomic E-state index is 13.7. The molecule has 1 amide bonds. The second-order valence-electron chi connectivity index (χ2n) is 5.73. The summed E-state index contributed by atoms with van der Waals surface area (Å²) in [6.45, 7) is 6.37. The zero-order valence-corrected chi connectivity index (χ0v) is 11.8. The Kier molecular flexibility index (Phi) is 3.52. The third kappa shape index (κ3) is 2.88. The molecule has 19 heavy (non-hydrogen) atoms. The van der Waals surface area contributed by atoms with Crippen molar-refractivity contribution in [1.29, 1.82) is 0 Å². The van der Waals surface area contributed by atoms with Crippen LogP contribution in [0.15, 0.2) is 12.1 Å². The zero-order valence-electron chi connectivity index (χ0n) is 11.8. The van der Waals surface area contributed by atoms with Gasteiger partial charge in [-0.15, -0.1) is 0 Å². The van der Waals surface area contributed by atoms with Crippen LogP contribution in [-0.4, -0.2) is 29.6 Å². The molecule has 0 bridgehead atoms. The summed E-state index contributed by atoms with van der Waals surface area (Å²) in [6, 6.07) is 3.65. The highest BCUT2D eigenvalue weighted by Crippen LogP contribution is 2.27. The minimum Gasteiger partial charge on any atom is -0.398 e. The van der Waals surface area contributed by atoms with Gasteiger partial charge < -0.3 is 10.6 Å². The summed E-state index contributed by atoms with van der Waals surface area (Å²) < 4.78 is 13.7. The van der Waals surface area contributed by atoms with Gasteiger partial charge >= 0.3 is 0 Å². The van der Waals surface area contributed by atoms with Crippen molar-refractivity contribution in [3.8, 4) is 0 Å². The van der Waals surface area contributed by atoms with E-state index in [1.54, 1.807) is 17.9 Å². The number of likely N-dealkylation sites (tertiary alicyclic amines) is 1. The molecule has 1 fully saturated rings. The Labute approximate surface area is 113 Å². The molecule has 3 nitrogen and oxygen atoms in total. The summed E-state index contributed by atoms with van der Waals surface area (Å²) in [5.74, 6) is -0.0419. The van der Waals surface area contributed by atoms with Gasteiger partial charge in [0.1, 0.15) is 5.67 Å². The smallest absolute Gasteiger partial charge is 0.254 e. The molecular weight excluding hydrogens is 243 g/mol. The number of carbonyl (C=O) groups is 1. The van der Waals surface area contributed by atoms with E-state index in [0.29, 0.717) is 37.2 Å².